The van der Waals surface area contributed by atoms with E-state index in [4.69, 9.17) is 0 Å². The molecule has 0 N–H and O–H groups in total. The molecule has 0 spiro atoms. The maximum atomic E-state index is 2.24. The van der Waals surface area contributed by atoms with E-state index >= 15 is 0 Å². The molecule has 0 saturated carbocycles. The van der Waals surface area contributed by atoms with Gasteiger partial charge < -0.3 is 24.0 Å². The first-order chi connectivity index (χ1) is 8.83. The van der Waals surface area contributed by atoms with Crippen molar-refractivity contribution in [1.29, 1.82) is 0 Å². The fourth-order valence-corrected chi connectivity index (χ4v) is 2.89. The molecule has 0 aliphatic heterocycles. The van der Waals surface area contributed by atoms with Gasteiger partial charge in [0.05, 0.1) is 0 Å². The summed E-state index contributed by atoms with van der Waals surface area (Å²) in [5, 5.41) is 1.28. The van der Waals surface area contributed by atoms with Gasteiger partial charge in [-0.15, -0.1) is 0 Å². The van der Waals surface area contributed by atoms with Crippen LogP contribution in [0.5, 0.6) is 0 Å². The molecule has 1 aromatic heterocycles. The second-order valence-corrected chi connectivity index (χ2v) is 5.40. The van der Waals surface area contributed by atoms with E-state index in [2.05, 4.69) is 72.4 Å². The number of benzene rings is 2. The molecule has 3 heteroatoms. The molecule has 0 bridgehead atoms. The van der Waals surface area contributed by atoms with Crippen LogP contribution in [-0.2, 0) is 7.05 Å². The molecule has 0 amide bonds. The van der Waals surface area contributed by atoms with Gasteiger partial charge in [-0.1, -0.05) is 30.0 Å². The van der Waals surface area contributed by atoms with Crippen LogP contribution >= 0.6 is 11.8 Å². The summed E-state index contributed by atoms with van der Waals surface area (Å²) in [6, 6.07) is 21.3. The average molecular weight is 379 g/mol. The molecule has 19 heavy (non-hydrogen) atoms. The van der Waals surface area contributed by atoms with Crippen molar-refractivity contribution >= 4 is 22.7 Å². The molecule has 0 saturated heterocycles. The molecule has 96 valence electrons. The second kappa shape index (κ2) is 6.39. The monoisotopic (exact) mass is 379 g/mol. The van der Waals surface area contributed by atoms with E-state index in [1.165, 1.54) is 20.7 Å². The lowest BCUT2D eigenvalue weighted by molar-refractivity contribution is -0.645. The summed E-state index contributed by atoms with van der Waals surface area (Å²) in [5.41, 5.74) is 1.26. The molecular weight excluding hydrogens is 365 g/mol. The van der Waals surface area contributed by atoms with E-state index in [0.29, 0.717) is 0 Å². The maximum Gasteiger partial charge on any atom is 0.213 e. The van der Waals surface area contributed by atoms with Gasteiger partial charge in [-0.3, -0.25) is 0 Å². The number of halogens is 1. The Bertz CT molecular complexity index is 683. The first-order valence-corrected chi connectivity index (χ1v) is 6.76. The normalized spacial score (nSPS) is 10.2. The summed E-state index contributed by atoms with van der Waals surface area (Å²) in [6.45, 7) is 0. The van der Waals surface area contributed by atoms with Crippen LogP contribution in [0.2, 0.25) is 0 Å². The van der Waals surface area contributed by atoms with E-state index in [1.54, 1.807) is 11.8 Å². The van der Waals surface area contributed by atoms with Crippen molar-refractivity contribution in [2.24, 2.45) is 7.05 Å². The highest BCUT2D eigenvalue weighted by Crippen LogP contribution is 2.28. The fraction of sp³-hybridized carbons (Fsp3) is 0.0625. The molecule has 1 heterocycles. The van der Waals surface area contributed by atoms with Crippen molar-refractivity contribution < 1.29 is 28.5 Å². The highest BCUT2D eigenvalue weighted by molar-refractivity contribution is 7.99. The van der Waals surface area contributed by atoms with Crippen molar-refractivity contribution in [3.8, 4) is 0 Å². The Labute approximate surface area is 134 Å². The summed E-state index contributed by atoms with van der Waals surface area (Å²) in [5.74, 6) is 0. The van der Waals surface area contributed by atoms with Gasteiger partial charge in [-0.2, -0.15) is 0 Å². The minimum Gasteiger partial charge on any atom is -1.00 e. The van der Waals surface area contributed by atoms with Crippen molar-refractivity contribution in [2.45, 2.75) is 9.79 Å². The summed E-state index contributed by atoms with van der Waals surface area (Å²) in [6.07, 6.45) is 2.08. The van der Waals surface area contributed by atoms with Crippen molar-refractivity contribution in [3.05, 3.63) is 66.9 Å². The molecule has 0 fully saturated rings. The Hall–Kier alpha value is -1.07. The third kappa shape index (κ3) is 3.28. The highest BCUT2D eigenvalue weighted by atomic mass is 127. The number of fused-ring (bicyclic) bond motifs is 1. The van der Waals surface area contributed by atoms with Gasteiger partial charge in [0.25, 0.3) is 0 Å². The zero-order valence-electron chi connectivity index (χ0n) is 10.6. The van der Waals surface area contributed by atoms with E-state index in [1.807, 2.05) is 6.07 Å². The number of nitrogens with zero attached hydrogens (tertiary/aromatic N) is 1. The molecule has 2 aromatic carbocycles. The standard InChI is InChI=1S/C16H14NS.HI/c1-17-11-5-6-13-9-10-15(12-16(13)17)18-14-7-3-2-4-8-14;/h2-12H,1H3;1H/q+1;/p-1. The first-order valence-electron chi connectivity index (χ1n) is 5.94. The van der Waals surface area contributed by atoms with E-state index < -0.39 is 0 Å². The van der Waals surface area contributed by atoms with Gasteiger partial charge in [-0.25, -0.2) is 4.57 Å². The zero-order chi connectivity index (χ0) is 12.4. The van der Waals surface area contributed by atoms with Gasteiger partial charge >= 0.3 is 0 Å². The summed E-state index contributed by atoms with van der Waals surface area (Å²) < 4.78 is 2.16. The van der Waals surface area contributed by atoms with Crippen LogP contribution in [0, 0.1) is 0 Å². The van der Waals surface area contributed by atoms with Crippen LogP contribution in [-0.4, -0.2) is 0 Å². The lowest BCUT2D eigenvalue weighted by Crippen LogP contribution is -3.00. The first kappa shape index (κ1) is 14.3. The number of aromatic nitrogens is 1. The Balaban J connectivity index is 0.00000133. The molecule has 0 atom stereocenters. The number of aryl methyl sites for hydroxylation is 1. The molecular formula is C16H14INS. The van der Waals surface area contributed by atoms with E-state index in [0.717, 1.165) is 0 Å². The minimum absolute atomic E-state index is 0. The summed E-state index contributed by atoms with van der Waals surface area (Å²) >= 11 is 1.80. The van der Waals surface area contributed by atoms with Crippen LogP contribution in [0.3, 0.4) is 0 Å². The second-order valence-electron chi connectivity index (χ2n) is 4.25. The van der Waals surface area contributed by atoms with Gasteiger partial charge in [0.15, 0.2) is 6.20 Å². The molecule has 3 aromatic rings. The minimum atomic E-state index is 0. The number of hydrogen-bond acceptors (Lipinski definition) is 1. The fourth-order valence-electron chi connectivity index (χ4n) is 2.01. The van der Waals surface area contributed by atoms with E-state index in [-0.39, 0.29) is 24.0 Å². The molecule has 0 aliphatic rings. The third-order valence-corrected chi connectivity index (χ3v) is 3.94. The molecule has 0 aliphatic carbocycles. The predicted molar refractivity (Wildman–Crippen MR) is 75.7 cm³/mol. The molecule has 0 radical (unpaired) electrons. The van der Waals surface area contributed by atoms with Crippen LogP contribution < -0.4 is 28.5 Å². The Kier molecular flexibility index (Phi) is 4.82. The average Bonchev–Trinajstić information content (AvgIpc) is 2.41. The quantitative estimate of drug-likeness (QED) is 0.471. The van der Waals surface area contributed by atoms with Crippen LogP contribution in [0.4, 0.5) is 0 Å². The number of pyridine rings is 1. The lowest BCUT2D eigenvalue weighted by atomic mass is 10.2. The predicted octanol–water partition coefficient (Wildman–Crippen LogP) is 0.819. The van der Waals surface area contributed by atoms with Gasteiger partial charge in [0.2, 0.25) is 5.52 Å². The molecule has 3 rings (SSSR count). The lowest BCUT2D eigenvalue weighted by Gasteiger charge is -2.02. The Morgan fingerprint density at radius 1 is 0.842 bits per heavy atom. The Morgan fingerprint density at radius 2 is 1.63 bits per heavy atom. The largest absolute Gasteiger partial charge is 1.00 e. The van der Waals surface area contributed by atoms with Crippen LogP contribution in [0.15, 0.2) is 76.7 Å². The van der Waals surface area contributed by atoms with Crippen LogP contribution in [0.25, 0.3) is 10.9 Å². The van der Waals surface area contributed by atoms with Gasteiger partial charge in [0, 0.05) is 27.3 Å². The molecule has 1 nitrogen and oxygen atoms in total. The Morgan fingerprint density at radius 3 is 2.42 bits per heavy atom. The summed E-state index contributed by atoms with van der Waals surface area (Å²) in [7, 11) is 2.08. The maximum absolute atomic E-state index is 2.24. The molecule has 0 unspecified atom stereocenters. The van der Waals surface area contributed by atoms with Gasteiger partial charge in [0.1, 0.15) is 7.05 Å². The van der Waals surface area contributed by atoms with Crippen molar-refractivity contribution in [2.75, 3.05) is 0 Å². The van der Waals surface area contributed by atoms with Gasteiger partial charge in [-0.05, 0) is 30.3 Å². The van der Waals surface area contributed by atoms with Crippen molar-refractivity contribution in [3.63, 3.8) is 0 Å². The smallest absolute Gasteiger partial charge is 0.213 e. The topological polar surface area (TPSA) is 3.88 Å². The zero-order valence-corrected chi connectivity index (χ0v) is 13.6. The highest BCUT2D eigenvalue weighted by Gasteiger charge is 2.05. The summed E-state index contributed by atoms with van der Waals surface area (Å²) in [4.78, 5) is 2.55. The third-order valence-electron chi connectivity index (χ3n) is 2.95. The van der Waals surface area contributed by atoms with Crippen LogP contribution in [0.1, 0.15) is 0 Å². The van der Waals surface area contributed by atoms with E-state index in [9.17, 15) is 0 Å². The SMILES string of the molecule is C[n+]1cccc2ccc(Sc3ccccc3)cc21.[I-]. The number of hydrogen-bond donors (Lipinski definition) is 0. The number of rotatable bonds is 2. The van der Waals surface area contributed by atoms with Crippen molar-refractivity contribution in [1.82, 2.24) is 0 Å².